The van der Waals surface area contributed by atoms with E-state index in [0.29, 0.717) is 18.0 Å². The van der Waals surface area contributed by atoms with Gasteiger partial charge in [0.25, 0.3) is 0 Å². The van der Waals surface area contributed by atoms with Crippen LogP contribution in [0.15, 0.2) is 18.2 Å². The van der Waals surface area contributed by atoms with E-state index in [2.05, 4.69) is 0 Å². The molecule has 0 radical (unpaired) electrons. The summed E-state index contributed by atoms with van der Waals surface area (Å²) in [5.74, 6) is 0.491. The average molecular weight is 214 g/mol. The molecule has 0 saturated carbocycles. The number of phenols is 1. The molecule has 0 bridgehead atoms. The van der Waals surface area contributed by atoms with E-state index in [-0.39, 0.29) is 18.0 Å². The average Bonchev–Trinajstić information content (AvgIpc) is 2.10. The second-order valence-electron chi connectivity index (χ2n) is 3.04. The summed E-state index contributed by atoms with van der Waals surface area (Å²) in [6.07, 6.45) is 0.626. The van der Waals surface area contributed by atoms with Gasteiger partial charge in [0, 0.05) is 30.5 Å². The number of hydrogen-bond donors (Lipinski definition) is 2. The predicted molar refractivity (Wildman–Crippen MR) is 56.6 cm³/mol. The van der Waals surface area contributed by atoms with Gasteiger partial charge in [0.05, 0.1) is 0 Å². The molecule has 4 heteroatoms. The molecule has 0 aliphatic carbocycles. The van der Waals surface area contributed by atoms with Gasteiger partial charge in [-0.1, -0.05) is 6.07 Å². The van der Waals surface area contributed by atoms with E-state index < -0.39 is 0 Å². The number of phenolic OH excluding ortho intramolecular Hbond substituents is 1. The van der Waals surface area contributed by atoms with E-state index >= 15 is 0 Å². The molecule has 0 aliphatic heterocycles. The largest absolute Gasteiger partial charge is 0.508 e. The van der Waals surface area contributed by atoms with Crippen LogP contribution < -0.4 is 5.73 Å². The minimum absolute atomic E-state index is 0.0531. The highest BCUT2D eigenvalue weighted by Gasteiger charge is 2.06. The standard InChI is InChI=1S/C10H12ClNO2/c11-4-3-9(14)5-7-1-2-8(13)6-10(7)12/h1-2,6,13H,3-5,12H2. The Morgan fingerprint density at radius 3 is 2.79 bits per heavy atom. The molecule has 3 N–H and O–H groups in total. The Labute approximate surface area is 87.5 Å². The van der Waals surface area contributed by atoms with Gasteiger partial charge in [0.15, 0.2) is 0 Å². The van der Waals surface area contributed by atoms with Gasteiger partial charge in [0.2, 0.25) is 0 Å². The maximum absolute atomic E-state index is 11.2. The summed E-state index contributed by atoms with van der Waals surface area (Å²) >= 11 is 5.44. The van der Waals surface area contributed by atoms with E-state index in [1.165, 1.54) is 12.1 Å². The first-order chi connectivity index (χ1) is 6.63. The summed E-state index contributed by atoms with van der Waals surface area (Å²) < 4.78 is 0. The van der Waals surface area contributed by atoms with Crippen molar-refractivity contribution >= 4 is 23.1 Å². The molecule has 1 aromatic rings. The number of carbonyl (C=O) groups is 1. The number of alkyl halides is 1. The molecule has 0 amide bonds. The van der Waals surface area contributed by atoms with Crippen LogP contribution in [0.1, 0.15) is 12.0 Å². The number of benzene rings is 1. The van der Waals surface area contributed by atoms with E-state index in [9.17, 15) is 4.79 Å². The molecule has 3 nitrogen and oxygen atoms in total. The van der Waals surface area contributed by atoms with Crippen LogP contribution in [-0.2, 0) is 11.2 Å². The quantitative estimate of drug-likeness (QED) is 0.591. The Kier molecular flexibility index (Phi) is 3.77. The lowest BCUT2D eigenvalue weighted by Gasteiger charge is -2.04. The van der Waals surface area contributed by atoms with Crippen LogP contribution >= 0.6 is 11.6 Å². The third-order valence-corrected chi connectivity index (χ3v) is 2.08. The number of anilines is 1. The number of carbonyl (C=O) groups excluding carboxylic acids is 1. The zero-order valence-electron chi connectivity index (χ0n) is 7.66. The third kappa shape index (κ3) is 2.92. The number of hydrogen-bond acceptors (Lipinski definition) is 3. The monoisotopic (exact) mass is 213 g/mol. The molecule has 0 aliphatic rings. The van der Waals surface area contributed by atoms with Crippen LogP contribution in [0, 0.1) is 0 Å². The lowest BCUT2D eigenvalue weighted by atomic mass is 10.1. The normalized spacial score (nSPS) is 10.1. The van der Waals surface area contributed by atoms with Gasteiger partial charge in [-0.05, 0) is 11.6 Å². The fraction of sp³-hybridized carbons (Fsp3) is 0.300. The highest BCUT2D eigenvalue weighted by molar-refractivity contribution is 6.19. The van der Waals surface area contributed by atoms with Crippen molar-refractivity contribution < 1.29 is 9.90 Å². The molecular formula is C10H12ClNO2. The SMILES string of the molecule is Nc1cc(O)ccc1CC(=O)CCCl. The molecule has 1 rings (SSSR count). The van der Waals surface area contributed by atoms with Crippen molar-refractivity contribution in [3.05, 3.63) is 23.8 Å². The van der Waals surface area contributed by atoms with Crippen molar-refractivity contribution in [3.63, 3.8) is 0 Å². The topological polar surface area (TPSA) is 63.3 Å². The third-order valence-electron chi connectivity index (χ3n) is 1.89. The van der Waals surface area contributed by atoms with Crippen LogP contribution in [0.3, 0.4) is 0 Å². The first-order valence-electron chi connectivity index (χ1n) is 4.28. The maximum Gasteiger partial charge on any atom is 0.138 e. The van der Waals surface area contributed by atoms with Crippen molar-refractivity contribution in [2.24, 2.45) is 0 Å². The molecule has 0 atom stereocenters. The molecule has 0 heterocycles. The highest BCUT2D eigenvalue weighted by atomic mass is 35.5. The molecule has 0 fully saturated rings. The van der Waals surface area contributed by atoms with E-state index in [0.717, 1.165) is 5.56 Å². The van der Waals surface area contributed by atoms with Crippen molar-refractivity contribution in [2.45, 2.75) is 12.8 Å². The Morgan fingerprint density at radius 2 is 2.21 bits per heavy atom. The van der Waals surface area contributed by atoms with Crippen molar-refractivity contribution in [3.8, 4) is 5.75 Å². The Bertz CT molecular complexity index is 339. The summed E-state index contributed by atoms with van der Waals surface area (Å²) in [6.45, 7) is 0. The van der Waals surface area contributed by atoms with Crippen molar-refractivity contribution in [1.82, 2.24) is 0 Å². The van der Waals surface area contributed by atoms with Crippen molar-refractivity contribution in [1.29, 1.82) is 0 Å². The predicted octanol–water partition coefficient (Wildman–Crippen LogP) is 1.71. The summed E-state index contributed by atoms with van der Waals surface area (Å²) in [5, 5.41) is 9.09. The molecule has 1 aromatic carbocycles. The van der Waals surface area contributed by atoms with Crippen LogP contribution in [0.2, 0.25) is 0 Å². The van der Waals surface area contributed by atoms with Gasteiger partial charge in [0.1, 0.15) is 11.5 Å². The number of Topliss-reactive ketones (excluding diaryl/α,β-unsaturated/α-hetero) is 1. The van der Waals surface area contributed by atoms with Gasteiger partial charge in [-0.2, -0.15) is 0 Å². The number of rotatable bonds is 4. The number of nitrogens with two attached hydrogens (primary N) is 1. The van der Waals surface area contributed by atoms with Gasteiger partial charge in [-0.15, -0.1) is 11.6 Å². The van der Waals surface area contributed by atoms with Crippen molar-refractivity contribution in [2.75, 3.05) is 11.6 Å². The van der Waals surface area contributed by atoms with Crippen LogP contribution in [0.5, 0.6) is 5.75 Å². The Hall–Kier alpha value is -1.22. The molecule has 0 aromatic heterocycles. The fourth-order valence-electron chi connectivity index (χ4n) is 1.15. The molecule has 0 spiro atoms. The highest BCUT2D eigenvalue weighted by Crippen LogP contribution is 2.19. The van der Waals surface area contributed by atoms with Crippen LogP contribution in [0.4, 0.5) is 5.69 Å². The number of nitrogen functional groups attached to an aromatic ring is 1. The van der Waals surface area contributed by atoms with E-state index in [1.807, 2.05) is 0 Å². The minimum Gasteiger partial charge on any atom is -0.508 e. The van der Waals surface area contributed by atoms with Crippen LogP contribution in [0.25, 0.3) is 0 Å². The molecular weight excluding hydrogens is 202 g/mol. The smallest absolute Gasteiger partial charge is 0.138 e. The Morgan fingerprint density at radius 1 is 1.50 bits per heavy atom. The molecule has 0 saturated heterocycles. The fourth-order valence-corrected chi connectivity index (χ4v) is 1.36. The van der Waals surface area contributed by atoms with E-state index in [1.54, 1.807) is 6.07 Å². The number of ketones is 1. The molecule has 76 valence electrons. The second kappa shape index (κ2) is 4.86. The van der Waals surface area contributed by atoms with Gasteiger partial charge < -0.3 is 10.8 Å². The van der Waals surface area contributed by atoms with E-state index in [4.69, 9.17) is 22.4 Å². The first-order valence-corrected chi connectivity index (χ1v) is 4.82. The van der Waals surface area contributed by atoms with Gasteiger partial charge in [-0.25, -0.2) is 0 Å². The Balaban J connectivity index is 2.72. The molecule has 0 unspecified atom stereocenters. The number of aromatic hydroxyl groups is 1. The van der Waals surface area contributed by atoms with Crippen LogP contribution in [-0.4, -0.2) is 16.8 Å². The lowest BCUT2D eigenvalue weighted by molar-refractivity contribution is -0.118. The zero-order chi connectivity index (χ0) is 10.6. The number of halogens is 1. The zero-order valence-corrected chi connectivity index (χ0v) is 8.42. The van der Waals surface area contributed by atoms with Gasteiger partial charge in [-0.3, -0.25) is 4.79 Å². The summed E-state index contributed by atoms with van der Waals surface area (Å²) in [6, 6.07) is 4.60. The second-order valence-corrected chi connectivity index (χ2v) is 3.42. The van der Waals surface area contributed by atoms with Gasteiger partial charge >= 0.3 is 0 Å². The first kappa shape index (κ1) is 10.9. The summed E-state index contributed by atoms with van der Waals surface area (Å²) in [4.78, 5) is 11.2. The summed E-state index contributed by atoms with van der Waals surface area (Å²) in [5.41, 5.74) is 6.79. The molecule has 14 heavy (non-hydrogen) atoms. The summed E-state index contributed by atoms with van der Waals surface area (Å²) in [7, 11) is 0. The minimum atomic E-state index is 0.0531. The maximum atomic E-state index is 11.2. The lowest BCUT2D eigenvalue weighted by Crippen LogP contribution is -2.05.